The molecule has 112 valence electrons. The molecule has 1 amide bonds. The number of carbonyl (C=O) groups is 1. The Hall–Kier alpha value is -1.39. The molecule has 2 N–H and O–H groups in total. The van der Waals surface area contributed by atoms with Crippen molar-refractivity contribution >= 4 is 5.91 Å². The molecule has 0 fully saturated rings. The van der Waals surface area contributed by atoms with Gasteiger partial charge in [0.1, 0.15) is 0 Å². The number of rotatable bonds is 8. The van der Waals surface area contributed by atoms with Crippen LogP contribution in [0.2, 0.25) is 0 Å². The number of hydrogen-bond acceptors (Lipinski definition) is 3. The van der Waals surface area contributed by atoms with Crippen molar-refractivity contribution in [2.24, 2.45) is 0 Å². The van der Waals surface area contributed by atoms with Crippen molar-refractivity contribution in [2.75, 3.05) is 20.3 Å². The van der Waals surface area contributed by atoms with Gasteiger partial charge in [-0.05, 0) is 32.3 Å². The number of aliphatic hydroxyl groups is 1. The van der Waals surface area contributed by atoms with Gasteiger partial charge in [-0.15, -0.1) is 0 Å². The van der Waals surface area contributed by atoms with Crippen molar-refractivity contribution in [2.45, 2.75) is 39.2 Å². The van der Waals surface area contributed by atoms with Crippen molar-refractivity contribution in [3.05, 3.63) is 34.9 Å². The van der Waals surface area contributed by atoms with Gasteiger partial charge < -0.3 is 15.2 Å². The number of hydrogen-bond donors (Lipinski definition) is 2. The summed E-state index contributed by atoms with van der Waals surface area (Å²) in [6.07, 6.45) is 1.22. The lowest BCUT2D eigenvalue weighted by Gasteiger charge is -2.10. The summed E-state index contributed by atoms with van der Waals surface area (Å²) in [5.74, 6) is 0.0220. The van der Waals surface area contributed by atoms with E-state index in [9.17, 15) is 9.90 Å². The third kappa shape index (κ3) is 6.68. The van der Waals surface area contributed by atoms with E-state index in [-0.39, 0.29) is 5.91 Å². The van der Waals surface area contributed by atoms with E-state index in [1.807, 2.05) is 0 Å². The molecular weight excluding hydrogens is 254 g/mol. The fraction of sp³-hybridized carbons (Fsp3) is 0.562. The van der Waals surface area contributed by atoms with Gasteiger partial charge in [0.05, 0.1) is 12.7 Å². The molecule has 1 atom stereocenters. The lowest BCUT2D eigenvalue weighted by atomic mass is 10.0. The molecule has 4 nitrogen and oxygen atoms in total. The topological polar surface area (TPSA) is 58.6 Å². The molecule has 0 saturated heterocycles. The molecule has 4 heteroatoms. The van der Waals surface area contributed by atoms with Crippen LogP contribution in [0.25, 0.3) is 0 Å². The highest BCUT2D eigenvalue weighted by atomic mass is 16.5. The molecule has 1 rings (SSSR count). The summed E-state index contributed by atoms with van der Waals surface area (Å²) in [6.45, 7) is 4.91. The summed E-state index contributed by atoms with van der Waals surface area (Å²) in [5.41, 5.74) is 3.64. The number of aliphatic hydroxyl groups excluding tert-OH is 1. The Morgan fingerprint density at radius 1 is 1.30 bits per heavy atom. The van der Waals surface area contributed by atoms with Crippen molar-refractivity contribution in [3.63, 3.8) is 0 Å². The molecule has 0 bridgehead atoms. The van der Waals surface area contributed by atoms with Gasteiger partial charge in [-0.25, -0.2) is 0 Å². The summed E-state index contributed by atoms with van der Waals surface area (Å²) in [7, 11) is 1.55. The maximum Gasteiger partial charge on any atom is 0.220 e. The molecule has 0 radical (unpaired) electrons. The fourth-order valence-electron chi connectivity index (χ4n) is 2.21. The molecule has 0 aliphatic carbocycles. The first-order valence-corrected chi connectivity index (χ1v) is 7.02. The average molecular weight is 279 g/mol. The number of methoxy groups -OCH3 is 1. The monoisotopic (exact) mass is 279 g/mol. The highest BCUT2D eigenvalue weighted by molar-refractivity contribution is 5.76. The quantitative estimate of drug-likeness (QED) is 0.762. The van der Waals surface area contributed by atoms with Crippen LogP contribution in [-0.2, 0) is 16.0 Å². The molecule has 0 heterocycles. The molecular formula is C16H25NO3. The smallest absolute Gasteiger partial charge is 0.220 e. The Balaban J connectivity index is 2.26. The summed E-state index contributed by atoms with van der Waals surface area (Å²) in [4.78, 5) is 11.7. The van der Waals surface area contributed by atoms with Crippen LogP contribution < -0.4 is 5.32 Å². The first kappa shape index (κ1) is 16.7. The van der Waals surface area contributed by atoms with E-state index in [1.165, 1.54) is 16.7 Å². The van der Waals surface area contributed by atoms with Crippen molar-refractivity contribution < 1.29 is 14.6 Å². The zero-order chi connectivity index (χ0) is 15.0. The van der Waals surface area contributed by atoms with E-state index >= 15 is 0 Å². The number of aryl methyl sites for hydroxylation is 3. The molecule has 1 unspecified atom stereocenters. The minimum Gasteiger partial charge on any atom is -0.391 e. The largest absolute Gasteiger partial charge is 0.391 e. The SMILES string of the molecule is COCC(O)CCNC(=O)CCc1cc(C)cc(C)c1. The van der Waals surface area contributed by atoms with Crippen LogP contribution in [-0.4, -0.2) is 37.4 Å². The fourth-order valence-corrected chi connectivity index (χ4v) is 2.21. The minimum absolute atomic E-state index is 0.0220. The van der Waals surface area contributed by atoms with Crippen LogP contribution in [0.3, 0.4) is 0 Å². The van der Waals surface area contributed by atoms with Crippen molar-refractivity contribution in [1.82, 2.24) is 5.32 Å². The second kappa shape index (κ2) is 8.72. The highest BCUT2D eigenvalue weighted by Gasteiger charge is 2.06. The van der Waals surface area contributed by atoms with Gasteiger partial charge >= 0.3 is 0 Å². The molecule has 0 saturated carbocycles. The average Bonchev–Trinajstić information content (AvgIpc) is 2.35. The third-order valence-electron chi connectivity index (χ3n) is 3.08. The summed E-state index contributed by atoms with van der Waals surface area (Å²) in [5, 5.41) is 12.3. The van der Waals surface area contributed by atoms with Gasteiger partial charge in [-0.1, -0.05) is 29.3 Å². The van der Waals surface area contributed by atoms with Gasteiger partial charge in [-0.2, -0.15) is 0 Å². The number of benzene rings is 1. The lowest BCUT2D eigenvalue weighted by Crippen LogP contribution is -2.28. The molecule has 0 aromatic heterocycles. The maximum absolute atomic E-state index is 11.7. The minimum atomic E-state index is -0.514. The predicted octanol–water partition coefficient (Wildman–Crippen LogP) is 1.75. The van der Waals surface area contributed by atoms with Crippen LogP contribution >= 0.6 is 0 Å². The highest BCUT2D eigenvalue weighted by Crippen LogP contribution is 2.10. The molecule has 0 spiro atoms. The Morgan fingerprint density at radius 2 is 1.95 bits per heavy atom. The first-order chi connectivity index (χ1) is 9.51. The summed E-state index contributed by atoms with van der Waals surface area (Å²) in [6, 6.07) is 6.35. The maximum atomic E-state index is 11.7. The Labute approximate surface area is 121 Å². The molecule has 1 aromatic rings. The van der Waals surface area contributed by atoms with E-state index in [2.05, 4.69) is 37.4 Å². The zero-order valence-corrected chi connectivity index (χ0v) is 12.6. The number of amides is 1. The van der Waals surface area contributed by atoms with Crippen LogP contribution in [0.5, 0.6) is 0 Å². The van der Waals surface area contributed by atoms with Gasteiger partial charge in [0.2, 0.25) is 5.91 Å². The zero-order valence-electron chi connectivity index (χ0n) is 12.6. The van der Waals surface area contributed by atoms with Gasteiger partial charge in [0, 0.05) is 20.1 Å². The third-order valence-corrected chi connectivity index (χ3v) is 3.08. The Kier molecular flexibility index (Phi) is 7.26. The van der Waals surface area contributed by atoms with Gasteiger partial charge in [0.25, 0.3) is 0 Å². The number of nitrogens with one attached hydrogen (secondary N) is 1. The number of carbonyl (C=O) groups excluding carboxylic acids is 1. The second-order valence-electron chi connectivity index (χ2n) is 5.24. The van der Waals surface area contributed by atoms with Crippen molar-refractivity contribution in [1.29, 1.82) is 0 Å². The van der Waals surface area contributed by atoms with E-state index in [0.717, 1.165) is 6.42 Å². The second-order valence-corrected chi connectivity index (χ2v) is 5.24. The van der Waals surface area contributed by atoms with Crippen LogP contribution in [0, 0.1) is 13.8 Å². The normalized spacial score (nSPS) is 12.2. The van der Waals surface area contributed by atoms with Crippen LogP contribution in [0.15, 0.2) is 18.2 Å². The Bertz CT molecular complexity index is 411. The van der Waals surface area contributed by atoms with E-state index < -0.39 is 6.10 Å². The molecule has 20 heavy (non-hydrogen) atoms. The molecule has 0 aliphatic rings. The van der Waals surface area contributed by atoms with Crippen molar-refractivity contribution in [3.8, 4) is 0 Å². The van der Waals surface area contributed by atoms with E-state index in [1.54, 1.807) is 7.11 Å². The molecule has 0 aliphatic heterocycles. The summed E-state index contributed by atoms with van der Waals surface area (Å²) >= 11 is 0. The number of ether oxygens (including phenoxy) is 1. The van der Waals surface area contributed by atoms with Gasteiger partial charge in [-0.3, -0.25) is 4.79 Å². The Morgan fingerprint density at radius 3 is 2.55 bits per heavy atom. The predicted molar refractivity (Wildman–Crippen MR) is 79.7 cm³/mol. The van der Waals surface area contributed by atoms with Gasteiger partial charge in [0.15, 0.2) is 0 Å². The van der Waals surface area contributed by atoms with E-state index in [4.69, 9.17) is 4.74 Å². The first-order valence-electron chi connectivity index (χ1n) is 7.02. The summed E-state index contributed by atoms with van der Waals surface area (Å²) < 4.78 is 4.83. The molecule has 1 aromatic carbocycles. The van der Waals surface area contributed by atoms with Crippen LogP contribution in [0.4, 0.5) is 0 Å². The lowest BCUT2D eigenvalue weighted by molar-refractivity contribution is -0.121. The van der Waals surface area contributed by atoms with E-state index in [0.29, 0.717) is 26.0 Å². The standard InChI is InChI=1S/C16H25NO3/c1-12-8-13(2)10-14(9-12)4-5-16(19)17-7-6-15(18)11-20-3/h8-10,15,18H,4-7,11H2,1-3H3,(H,17,19). The van der Waals surface area contributed by atoms with Crippen LogP contribution in [0.1, 0.15) is 29.5 Å².